The Morgan fingerprint density at radius 2 is 2.04 bits per heavy atom. The predicted octanol–water partition coefficient (Wildman–Crippen LogP) is 2.30. The number of halogens is 1. The number of hydrogen-bond acceptors (Lipinski definition) is 3. The van der Waals surface area contributed by atoms with Gasteiger partial charge >= 0.3 is 0 Å². The third kappa shape index (κ3) is 3.25. The van der Waals surface area contributed by atoms with Crippen molar-refractivity contribution in [2.24, 2.45) is 0 Å². The highest BCUT2D eigenvalue weighted by Gasteiger charge is 2.12. The first-order valence-electron chi connectivity index (χ1n) is 7.04. The van der Waals surface area contributed by atoms with E-state index in [1.165, 1.54) is 29.7 Å². The molecule has 24 heavy (non-hydrogen) atoms. The Morgan fingerprint density at radius 1 is 1.25 bits per heavy atom. The van der Waals surface area contributed by atoms with Crippen molar-refractivity contribution in [3.8, 4) is 11.1 Å². The van der Waals surface area contributed by atoms with Gasteiger partial charge < -0.3 is 4.98 Å². The van der Waals surface area contributed by atoms with Gasteiger partial charge in [-0.3, -0.25) is 9.35 Å². The molecule has 1 aromatic carbocycles. The van der Waals surface area contributed by atoms with Crippen LogP contribution in [0, 0.1) is 5.82 Å². The number of rotatable bonds is 4. The van der Waals surface area contributed by atoms with Gasteiger partial charge in [-0.15, -0.1) is 0 Å². The summed E-state index contributed by atoms with van der Waals surface area (Å²) < 4.78 is 35.7. The quantitative estimate of drug-likeness (QED) is 0.709. The lowest BCUT2D eigenvalue weighted by Gasteiger charge is -2.13. The van der Waals surface area contributed by atoms with Crippen LogP contribution in [0.2, 0.25) is 0 Å². The zero-order chi connectivity index (χ0) is 17.3. The average molecular weight is 347 g/mol. The fourth-order valence-corrected chi connectivity index (χ4v) is 2.74. The highest BCUT2D eigenvalue weighted by molar-refractivity contribution is 7.76. The van der Waals surface area contributed by atoms with E-state index in [9.17, 15) is 13.4 Å². The Morgan fingerprint density at radius 3 is 2.75 bits per heavy atom. The normalized spacial score (nSPS) is 12.7. The third-order valence-electron chi connectivity index (χ3n) is 3.63. The number of benzene rings is 1. The topological polar surface area (TPSA) is 86.3 Å². The summed E-state index contributed by atoms with van der Waals surface area (Å²) in [6, 6.07) is 9.28. The minimum absolute atomic E-state index is 0.144. The van der Waals surface area contributed by atoms with Crippen LogP contribution in [-0.2, 0) is 17.8 Å². The molecule has 0 saturated carbocycles. The molecule has 0 aliphatic carbocycles. The molecule has 0 fully saturated rings. The molecule has 1 atom stereocenters. The van der Waals surface area contributed by atoms with Gasteiger partial charge in [0.2, 0.25) is 16.8 Å². The van der Waals surface area contributed by atoms with E-state index in [1.807, 2.05) is 0 Å². The number of aromatic nitrogens is 2. The number of aromatic amines is 1. The van der Waals surface area contributed by atoms with Crippen LogP contribution in [0.15, 0.2) is 47.4 Å². The number of nitrogens with zero attached hydrogens (tertiary/aromatic N) is 2. The first-order valence-corrected chi connectivity index (χ1v) is 8.11. The van der Waals surface area contributed by atoms with Crippen molar-refractivity contribution in [2.45, 2.75) is 6.54 Å². The SMILES string of the molecule is CN(Cc1ccc(-c2ccnc3[nH]c(=O)ccc23)c(F)c1)S(=O)O. The Labute approximate surface area is 139 Å². The minimum atomic E-state index is -2.11. The second-order valence-electron chi connectivity index (χ2n) is 5.27. The van der Waals surface area contributed by atoms with E-state index in [2.05, 4.69) is 9.97 Å². The maximum Gasteiger partial charge on any atom is 0.249 e. The van der Waals surface area contributed by atoms with Crippen LogP contribution >= 0.6 is 0 Å². The van der Waals surface area contributed by atoms with Crippen LogP contribution in [0.5, 0.6) is 0 Å². The Balaban J connectivity index is 2.04. The second kappa shape index (κ2) is 6.60. The van der Waals surface area contributed by atoms with Crippen molar-refractivity contribution < 1.29 is 13.2 Å². The lowest BCUT2D eigenvalue weighted by atomic mass is 10.0. The van der Waals surface area contributed by atoms with Crippen LogP contribution in [0.4, 0.5) is 4.39 Å². The summed E-state index contributed by atoms with van der Waals surface area (Å²) >= 11 is -2.11. The number of nitrogens with one attached hydrogen (secondary N) is 1. The summed E-state index contributed by atoms with van der Waals surface area (Å²) in [5, 5.41) is 0.636. The Kier molecular flexibility index (Phi) is 4.52. The first-order chi connectivity index (χ1) is 11.5. The molecule has 0 bridgehead atoms. The molecular weight excluding hydrogens is 333 g/mol. The van der Waals surface area contributed by atoms with Crippen molar-refractivity contribution in [2.75, 3.05) is 7.05 Å². The van der Waals surface area contributed by atoms with Crippen LogP contribution in [0.25, 0.3) is 22.2 Å². The number of fused-ring (bicyclic) bond motifs is 1. The lowest BCUT2D eigenvalue weighted by Crippen LogP contribution is -2.19. The van der Waals surface area contributed by atoms with E-state index >= 15 is 0 Å². The van der Waals surface area contributed by atoms with Crippen molar-refractivity contribution in [3.05, 3.63) is 64.3 Å². The summed E-state index contributed by atoms with van der Waals surface area (Å²) in [6.45, 7) is 0.144. The van der Waals surface area contributed by atoms with Gasteiger partial charge in [0, 0.05) is 36.8 Å². The molecule has 2 heterocycles. The zero-order valence-electron chi connectivity index (χ0n) is 12.7. The van der Waals surface area contributed by atoms with Crippen LogP contribution in [-0.4, -0.2) is 30.1 Å². The van der Waals surface area contributed by atoms with E-state index in [-0.39, 0.29) is 12.1 Å². The molecule has 0 aliphatic heterocycles. The van der Waals surface area contributed by atoms with E-state index in [0.29, 0.717) is 27.7 Å². The van der Waals surface area contributed by atoms with Crippen molar-refractivity contribution in [1.29, 1.82) is 0 Å². The Hall–Kier alpha value is -2.42. The van der Waals surface area contributed by atoms with Gasteiger partial charge in [-0.25, -0.2) is 13.6 Å². The summed E-state index contributed by atoms with van der Waals surface area (Å²) in [5.74, 6) is -0.455. The Bertz CT molecular complexity index is 990. The van der Waals surface area contributed by atoms with Crippen molar-refractivity contribution in [3.63, 3.8) is 0 Å². The smallest absolute Gasteiger partial charge is 0.249 e. The van der Waals surface area contributed by atoms with E-state index < -0.39 is 17.1 Å². The average Bonchev–Trinajstić information content (AvgIpc) is 2.54. The highest BCUT2D eigenvalue weighted by Crippen LogP contribution is 2.29. The van der Waals surface area contributed by atoms with Gasteiger partial charge in [0.05, 0.1) is 0 Å². The van der Waals surface area contributed by atoms with Crippen molar-refractivity contribution >= 4 is 22.3 Å². The van der Waals surface area contributed by atoms with Gasteiger partial charge in [0.25, 0.3) is 0 Å². The molecule has 6 nitrogen and oxygen atoms in total. The van der Waals surface area contributed by atoms with E-state index in [4.69, 9.17) is 4.55 Å². The molecule has 1 unspecified atom stereocenters. The molecule has 0 saturated heterocycles. The van der Waals surface area contributed by atoms with Gasteiger partial charge in [-0.2, -0.15) is 4.31 Å². The molecule has 0 amide bonds. The number of hydrogen-bond donors (Lipinski definition) is 2. The minimum Gasteiger partial charge on any atom is -0.307 e. The van der Waals surface area contributed by atoms with Gasteiger partial charge in [0.15, 0.2) is 0 Å². The summed E-state index contributed by atoms with van der Waals surface area (Å²) in [7, 11) is 1.47. The molecule has 0 radical (unpaired) electrons. The third-order valence-corrected chi connectivity index (χ3v) is 4.29. The molecule has 3 rings (SSSR count). The molecule has 8 heteroatoms. The summed E-state index contributed by atoms with van der Waals surface area (Å²) in [5.41, 5.74) is 1.67. The zero-order valence-corrected chi connectivity index (χ0v) is 13.5. The molecule has 0 spiro atoms. The highest BCUT2D eigenvalue weighted by atomic mass is 32.2. The first kappa shape index (κ1) is 16.4. The van der Waals surface area contributed by atoms with Crippen LogP contribution in [0.3, 0.4) is 0 Å². The maximum absolute atomic E-state index is 14.5. The monoisotopic (exact) mass is 347 g/mol. The predicted molar refractivity (Wildman–Crippen MR) is 90.0 cm³/mol. The molecule has 124 valence electrons. The van der Waals surface area contributed by atoms with Crippen LogP contribution in [0.1, 0.15) is 5.56 Å². The van der Waals surface area contributed by atoms with Gasteiger partial charge in [-0.1, -0.05) is 12.1 Å². The largest absolute Gasteiger partial charge is 0.307 e. The standard InChI is InChI=1S/C16H14FN3O3S/c1-20(24(22)23)9-10-2-3-12(14(17)8-10)11-6-7-18-16-13(11)4-5-15(21)19-16/h2-8H,9H2,1H3,(H,22,23)(H,18,19,21). The fourth-order valence-electron chi connectivity index (χ4n) is 2.48. The number of pyridine rings is 2. The molecule has 3 aromatic rings. The van der Waals surface area contributed by atoms with Gasteiger partial charge in [-0.05, 0) is 29.3 Å². The lowest BCUT2D eigenvalue weighted by molar-refractivity contribution is 0.444. The summed E-state index contributed by atoms with van der Waals surface area (Å²) in [6.07, 6.45) is 1.50. The molecule has 0 aliphatic rings. The van der Waals surface area contributed by atoms with Crippen LogP contribution < -0.4 is 5.56 Å². The molecular formula is C16H14FN3O3S. The fraction of sp³-hybridized carbons (Fsp3) is 0.125. The van der Waals surface area contributed by atoms with E-state index in [0.717, 1.165) is 0 Å². The van der Waals surface area contributed by atoms with Crippen molar-refractivity contribution in [1.82, 2.24) is 14.3 Å². The summed E-state index contributed by atoms with van der Waals surface area (Å²) in [4.78, 5) is 18.1. The van der Waals surface area contributed by atoms with E-state index in [1.54, 1.807) is 24.3 Å². The molecule has 2 N–H and O–H groups in total. The number of H-pyrrole nitrogens is 1. The molecule has 2 aromatic heterocycles. The van der Waals surface area contributed by atoms with Gasteiger partial charge in [0.1, 0.15) is 11.5 Å². The second-order valence-corrected chi connectivity index (χ2v) is 6.36. The maximum atomic E-state index is 14.5.